The average Bonchev–Trinajstić information content (AvgIpc) is 2.34. The molecule has 0 bridgehead atoms. The normalized spacial score (nSPS) is 12.6. The molecule has 0 fully saturated rings. The van der Waals surface area contributed by atoms with Gasteiger partial charge in [-0.3, -0.25) is 4.79 Å². The van der Waals surface area contributed by atoms with Crippen molar-refractivity contribution in [2.24, 2.45) is 17.6 Å². The first-order valence-corrected chi connectivity index (χ1v) is 7.61. The van der Waals surface area contributed by atoms with Gasteiger partial charge in [-0.25, -0.2) is 0 Å². The third kappa shape index (κ3) is 5.49. The van der Waals surface area contributed by atoms with Gasteiger partial charge in [0.15, 0.2) is 0 Å². The van der Waals surface area contributed by atoms with E-state index in [4.69, 9.17) is 40.5 Å². The number of rotatable bonds is 6. The van der Waals surface area contributed by atoms with E-state index in [1.54, 1.807) is 6.07 Å². The minimum Gasteiger partial charge on any atom is -0.330 e. The fourth-order valence-electron chi connectivity index (χ4n) is 2.01. The molecule has 1 aromatic rings. The maximum Gasteiger partial charge on any atom is 0.224 e. The highest BCUT2D eigenvalue weighted by molar-refractivity contribution is 6.44. The van der Waals surface area contributed by atoms with Gasteiger partial charge in [0.2, 0.25) is 5.91 Å². The largest absolute Gasteiger partial charge is 0.330 e. The summed E-state index contributed by atoms with van der Waals surface area (Å²) in [4.78, 5) is 12.0. The number of nitrogens with two attached hydrogens (primary N) is 1. The second kappa shape index (κ2) is 8.08. The van der Waals surface area contributed by atoms with Crippen molar-refractivity contribution in [1.82, 2.24) is 0 Å². The van der Waals surface area contributed by atoms with Crippen LogP contribution in [0, 0.1) is 11.8 Å². The van der Waals surface area contributed by atoms with Crippen LogP contribution >= 0.6 is 34.8 Å². The molecule has 0 heterocycles. The third-order valence-corrected chi connectivity index (χ3v) is 3.93. The van der Waals surface area contributed by atoms with E-state index in [1.165, 1.54) is 6.07 Å². The van der Waals surface area contributed by atoms with Gasteiger partial charge in [0.05, 0.1) is 20.8 Å². The second-order valence-corrected chi connectivity index (χ2v) is 6.45. The number of carbonyl (C=O) groups is 1. The monoisotopic (exact) mass is 336 g/mol. The molecule has 0 saturated carbocycles. The zero-order chi connectivity index (χ0) is 15.3. The van der Waals surface area contributed by atoms with E-state index in [0.29, 0.717) is 39.6 Å². The van der Waals surface area contributed by atoms with Crippen molar-refractivity contribution < 1.29 is 4.79 Å². The maximum absolute atomic E-state index is 12.0. The molecule has 1 amide bonds. The third-order valence-electron chi connectivity index (χ3n) is 2.90. The van der Waals surface area contributed by atoms with Crippen LogP contribution in [-0.4, -0.2) is 12.5 Å². The van der Waals surface area contributed by atoms with Gasteiger partial charge < -0.3 is 11.1 Å². The van der Waals surface area contributed by atoms with E-state index in [-0.39, 0.29) is 11.8 Å². The van der Waals surface area contributed by atoms with Gasteiger partial charge in [0, 0.05) is 6.42 Å². The van der Waals surface area contributed by atoms with Crippen molar-refractivity contribution in [1.29, 1.82) is 0 Å². The van der Waals surface area contributed by atoms with Crippen molar-refractivity contribution >= 4 is 46.4 Å². The van der Waals surface area contributed by atoms with Crippen molar-refractivity contribution in [3.8, 4) is 0 Å². The molecule has 0 aliphatic heterocycles. The Hall–Kier alpha value is -0.480. The van der Waals surface area contributed by atoms with Crippen LogP contribution < -0.4 is 11.1 Å². The molecule has 0 radical (unpaired) electrons. The molecule has 20 heavy (non-hydrogen) atoms. The van der Waals surface area contributed by atoms with E-state index in [9.17, 15) is 4.79 Å². The number of benzene rings is 1. The summed E-state index contributed by atoms with van der Waals surface area (Å²) in [6, 6.07) is 3.06. The predicted molar refractivity (Wildman–Crippen MR) is 86.7 cm³/mol. The van der Waals surface area contributed by atoms with Crippen molar-refractivity contribution in [3.63, 3.8) is 0 Å². The number of hydrogen-bond acceptors (Lipinski definition) is 2. The van der Waals surface area contributed by atoms with Crippen LogP contribution in [0.3, 0.4) is 0 Å². The molecule has 112 valence electrons. The van der Waals surface area contributed by atoms with Gasteiger partial charge in [0.25, 0.3) is 0 Å². The highest BCUT2D eigenvalue weighted by atomic mass is 35.5. The van der Waals surface area contributed by atoms with Crippen LogP contribution in [0.4, 0.5) is 5.69 Å². The molecule has 1 atom stereocenters. The zero-order valence-electron chi connectivity index (χ0n) is 11.6. The zero-order valence-corrected chi connectivity index (χ0v) is 13.8. The molecule has 0 aliphatic carbocycles. The topological polar surface area (TPSA) is 55.1 Å². The summed E-state index contributed by atoms with van der Waals surface area (Å²) >= 11 is 17.8. The molecule has 1 unspecified atom stereocenters. The first kappa shape index (κ1) is 17.6. The molecule has 0 saturated heterocycles. The lowest BCUT2D eigenvalue weighted by molar-refractivity contribution is -0.117. The lowest BCUT2D eigenvalue weighted by Gasteiger charge is -2.17. The van der Waals surface area contributed by atoms with Crippen LogP contribution in [-0.2, 0) is 4.79 Å². The highest BCUT2D eigenvalue weighted by Crippen LogP contribution is 2.32. The molecule has 1 rings (SSSR count). The Balaban J connectivity index is 2.68. The first-order chi connectivity index (χ1) is 9.33. The van der Waals surface area contributed by atoms with E-state index in [2.05, 4.69) is 19.2 Å². The Morgan fingerprint density at radius 2 is 1.80 bits per heavy atom. The van der Waals surface area contributed by atoms with E-state index < -0.39 is 0 Å². The lowest BCUT2D eigenvalue weighted by atomic mass is 9.94. The molecule has 3 nitrogen and oxygen atoms in total. The summed E-state index contributed by atoms with van der Waals surface area (Å²) in [6.07, 6.45) is 1.28. The van der Waals surface area contributed by atoms with Crippen molar-refractivity contribution in [2.75, 3.05) is 11.9 Å². The van der Waals surface area contributed by atoms with Gasteiger partial charge in [-0.2, -0.15) is 0 Å². The maximum atomic E-state index is 12.0. The average molecular weight is 338 g/mol. The standard InChI is InChI=1S/C14H19Cl3N2O/c1-8(2)3-9(7-18)4-14(20)19-13-6-11(16)10(15)5-12(13)17/h5-6,8-9H,3-4,7,18H2,1-2H3,(H,19,20). The van der Waals surface area contributed by atoms with Crippen molar-refractivity contribution in [2.45, 2.75) is 26.7 Å². The van der Waals surface area contributed by atoms with Gasteiger partial charge in [-0.1, -0.05) is 48.7 Å². The second-order valence-electron chi connectivity index (χ2n) is 5.23. The number of amides is 1. The predicted octanol–water partition coefficient (Wildman–Crippen LogP) is 4.60. The Kier molecular flexibility index (Phi) is 7.10. The first-order valence-electron chi connectivity index (χ1n) is 6.48. The van der Waals surface area contributed by atoms with Gasteiger partial charge in [-0.05, 0) is 36.9 Å². The SMILES string of the molecule is CC(C)CC(CN)CC(=O)Nc1cc(Cl)c(Cl)cc1Cl. The Labute approximate surface area is 134 Å². The number of anilines is 1. The summed E-state index contributed by atoms with van der Waals surface area (Å²) in [7, 11) is 0. The Bertz CT molecular complexity index is 478. The molecular formula is C14H19Cl3N2O. The summed E-state index contributed by atoms with van der Waals surface area (Å²) in [6.45, 7) is 4.70. The summed E-state index contributed by atoms with van der Waals surface area (Å²) in [5, 5.41) is 3.82. The fourth-order valence-corrected chi connectivity index (χ4v) is 2.61. The highest BCUT2D eigenvalue weighted by Gasteiger charge is 2.15. The van der Waals surface area contributed by atoms with Crippen molar-refractivity contribution in [3.05, 3.63) is 27.2 Å². The van der Waals surface area contributed by atoms with E-state index in [1.807, 2.05) is 0 Å². The van der Waals surface area contributed by atoms with Crippen LogP contribution in [0.2, 0.25) is 15.1 Å². The Morgan fingerprint density at radius 1 is 1.20 bits per heavy atom. The summed E-state index contributed by atoms with van der Waals surface area (Å²) < 4.78 is 0. The van der Waals surface area contributed by atoms with Crippen LogP contribution in [0.5, 0.6) is 0 Å². The molecule has 0 aliphatic rings. The fraction of sp³-hybridized carbons (Fsp3) is 0.500. The van der Waals surface area contributed by atoms with Gasteiger partial charge in [0.1, 0.15) is 0 Å². The van der Waals surface area contributed by atoms with Crippen LogP contribution in [0.1, 0.15) is 26.7 Å². The molecule has 0 aromatic heterocycles. The number of hydrogen-bond donors (Lipinski definition) is 2. The number of carbonyl (C=O) groups excluding carboxylic acids is 1. The molecule has 6 heteroatoms. The molecule has 1 aromatic carbocycles. The van der Waals surface area contributed by atoms with Crippen LogP contribution in [0.15, 0.2) is 12.1 Å². The molecule has 0 spiro atoms. The quantitative estimate of drug-likeness (QED) is 0.746. The smallest absolute Gasteiger partial charge is 0.224 e. The van der Waals surface area contributed by atoms with E-state index >= 15 is 0 Å². The van der Waals surface area contributed by atoms with E-state index in [0.717, 1.165) is 6.42 Å². The Morgan fingerprint density at radius 3 is 2.35 bits per heavy atom. The summed E-state index contributed by atoms with van der Waals surface area (Å²) in [5.41, 5.74) is 6.16. The number of halogens is 3. The lowest BCUT2D eigenvalue weighted by Crippen LogP contribution is -2.23. The van der Waals surface area contributed by atoms with Gasteiger partial charge in [-0.15, -0.1) is 0 Å². The molecule has 3 N–H and O–H groups in total. The van der Waals surface area contributed by atoms with Crippen LogP contribution in [0.25, 0.3) is 0 Å². The minimum atomic E-state index is -0.124. The minimum absolute atomic E-state index is 0.124. The number of nitrogens with one attached hydrogen (secondary N) is 1. The van der Waals surface area contributed by atoms with Gasteiger partial charge >= 0.3 is 0 Å². The summed E-state index contributed by atoms with van der Waals surface area (Å²) in [5.74, 6) is 0.544. The molecular weight excluding hydrogens is 319 g/mol.